The van der Waals surface area contributed by atoms with Crippen LogP contribution < -0.4 is 10.5 Å². The number of phenols is 2. The number of hydrogen-bond donors (Lipinski definition) is 4. The Morgan fingerprint density at radius 2 is 1.96 bits per heavy atom. The molecule has 1 aromatic heterocycles. The number of ether oxygens (including phenoxy) is 1. The highest BCUT2D eigenvalue weighted by Crippen LogP contribution is 2.35. The maximum Gasteiger partial charge on any atom is 0.303 e. The summed E-state index contributed by atoms with van der Waals surface area (Å²) in [5.41, 5.74) is 7.55. The highest BCUT2D eigenvalue weighted by molar-refractivity contribution is 7.19. The largest absolute Gasteiger partial charge is 0.508 e. The highest BCUT2D eigenvalue weighted by atomic mass is 32.1. The molecule has 3 rings (SSSR count). The van der Waals surface area contributed by atoms with Gasteiger partial charge in [0, 0.05) is 34.2 Å². The zero-order valence-corrected chi connectivity index (χ0v) is 15.5. The molecule has 7 heteroatoms. The van der Waals surface area contributed by atoms with Gasteiger partial charge in [0.2, 0.25) is 0 Å². The van der Waals surface area contributed by atoms with Gasteiger partial charge in [0.1, 0.15) is 23.9 Å². The lowest BCUT2D eigenvalue weighted by Gasteiger charge is -2.08. The van der Waals surface area contributed by atoms with Gasteiger partial charge < -0.3 is 25.8 Å². The Morgan fingerprint density at radius 1 is 1.15 bits per heavy atom. The molecule has 6 nitrogen and oxygen atoms in total. The van der Waals surface area contributed by atoms with Crippen molar-refractivity contribution in [2.75, 3.05) is 0 Å². The van der Waals surface area contributed by atoms with Crippen LogP contribution in [0.5, 0.6) is 17.2 Å². The van der Waals surface area contributed by atoms with Gasteiger partial charge in [0.15, 0.2) is 0 Å². The van der Waals surface area contributed by atoms with Crippen molar-refractivity contribution in [2.45, 2.75) is 32.4 Å². The fraction of sp³-hybridized carbons (Fsp3) is 0.250. The molecule has 0 saturated heterocycles. The highest BCUT2D eigenvalue weighted by Gasteiger charge is 2.13. The van der Waals surface area contributed by atoms with Crippen molar-refractivity contribution in [2.24, 2.45) is 5.73 Å². The molecule has 0 aliphatic carbocycles. The van der Waals surface area contributed by atoms with Crippen LogP contribution in [0.4, 0.5) is 0 Å². The van der Waals surface area contributed by atoms with Crippen molar-refractivity contribution in [1.29, 1.82) is 0 Å². The van der Waals surface area contributed by atoms with Crippen LogP contribution in [0, 0.1) is 0 Å². The van der Waals surface area contributed by atoms with Crippen molar-refractivity contribution < 1.29 is 24.9 Å². The van der Waals surface area contributed by atoms with Crippen LogP contribution in [0.2, 0.25) is 0 Å². The van der Waals surface area contributed by atoms with E-state index < -0.39 is 5.97 Å². The quantitative estimate of drug-likeness (QED) is 0.468. The van der Waals surface area contributed by atoms with Gasteiger partial charge in [-0.05, 0) is 54.1 Å². The predicted octanol–water partition coefficient (Wildman–Crippen LogP) is 3.76. The number of fused-ring (bicyclic) bond motifs is 1. The summed E-state index contributed by atoms with van der Waals surface area (Å²) in [5.74, 6) is -0.145. The molecule has 0 spiro atoms. The van der Waals surface area contributed by atoms with Gasteiger partial charge in [0.25, 0.3) is 0 Å². The Hall–Kier alpha value is -2.77. The number of rotatable bonds is 8. The van der Waals surface area contributed by atoms with Crippen molar-refractivity contribution in [1.82, 2.24) is 0 Å². The van der Waals surface area contributed by atoms with E-state index in [2.05, 4.69) is 0 Å². The van der Waals surface area contributed by atoms with Crippen molar-refractivity contribution in [3.05, 3.63) is 52.4 Å². The van der Waals surface area contributed by atoms with Gasteiger partial charge >= 0.3 is 5.97 Å². The number of aromatic hydroxyl groups is 2. The fourth-order valence-corrected chi connectivity index (χ4v) is 4.12. The van der Waals surface area contributed by atoms with E-state index in [4.69, 9.17) is 15.6 Å². The molecule has 0 aliphatic heterocycles. The Labute approximate surface area is 160 Å². The van der Waals surface area contributed by atoms with Gasteiger partial charge in [0.05, 0.1) is 0 Å². The molecule has 0 aliphatic rings. The van der Waals surface area contributed by atoms with Crippen molar-refractivity contribution in [3.8, 4) is 17.2 Å². The van der Waals surface area contributed by atoms with E-state index in [1.807, 2.05) is 18.2 Å². The van der Waals surface area contributed by atoms with E-state index in [0.29, 0.717) is 30.7 Å². The summed E-state index contributed by atoms with van der Waals surface area (Å²) in [4.78, 5) is 11.8. The minimum atomic E-state index is -0.794. The van der Waals surface area contributed by atoms with Gasteiger partial charge in [-0.15, -0.1) is 11.3 Å². The van der Waals surface area contributed by atoms with E-state index in [9.17, 15) is 15.0 Å². The zero-order chi connectivity index (χ0) is 19.4. The molecule has 0 atom stereocenters. The number of aryl methyl sites for hydroxylation is 1. The third-order valence-electron chi connectivity index (χ3n) is 4.31. The normalized spacial score (nSPS) is 11.0. The van der Waals surface area contributed by atoms with E-state index in [1.165, 1.54) is 12.1 Å². The summed E-state index contributed by atoms with van der Waals surface area (Å²) >= 11 is 1.59. The maximum atomic E-state index is 10.8. The van der Waals surface area contributed by atoms with Crippen molar-refractivity contribution in [3.63, 3.8) is 0 Å². The third-order valence-corrected chi connectivity index (χ3v) is 5.53. The number of carbonyl (C=O) groups is 1. The number of carboxylic acids is 1. The lowest BCUT2D eigenvalue weighted by molar-refractivity contribution is -0.137. The number of carboxylic acid groups (broad SMARTS) is 1. The van der Waals surface area contributed by atoms with Crippen LogP contribution in [-0.4, -0.2) is 21.3 Å². The molecule has 0 unspecified atom stereocenters. The lowest BCUT2D eigenvalue weighted by atomic mass is 10.0. The SMILES string of the molecule is NCc1sc2cc(OCc3ccc(O)cc3O)ccc2c1CCCC(=O)O. The number of thiophene rings is 1. The second-order valence-electron chi connectivity index (χ2n) is 6.21. The molecular weight excluding hydrogens is 366 g/mol. The summed E-state index contributed by atoms with van der Waals surface area (Å²) in [7, 11) is 0. The average Bonchev–Trinajstić information content (AvgIpc) is 2.98. The monoisotopic (exact) mass is 387 g/mol. The third kappa shape index (κ3) is 4.50. The van der Waals surface area contributed by atoms with E-state index in [0.717, 1.165) is 20.5 Å². The van der Waals surface area contributed by atoms with Crippen molar-refractivity contribution >= 4 is 27.4 Å². The van der Waals surface area contributed by atoms with Crippen LogP contribution >= 0.6 is 11.3 Å². The topological polar surface area (TPSA) is 113 Å². The second kappa shape index (κ2) is 8.28. The maximum absolute atomic E-state index is 10.8. The van der Waals surface area contributed by atoms with Gasteiger partial charge in [-0.3, -0.25) is 4.79 Å². The number of hydrogen-bond acceptors (Lipinski definition) is 6. The molecule has 27 heavy (non-hydrogen) atoms. The van der Waals surface area contributed by atoms with Gasteiger partial charge in [-0.1, -0.05) is 0 Å². The van der Waals surface area contributed by atoms with E-state index in [-0.39, 0.29) is 24.5 Å². The molecular formula is C20H21NO5S. The first-order valence-corrected chi connectivity index (χ1v) is 9.39. The minimum absolute atomic E-state index is 0.000923. The predicted molar refractivity (Wildman–Crippen MR) is 104 cm³/mol. The Bertz CT molecular complexity index is 966. The minimum Gasteiger partial charge on any atom is -0.508 e. The van der Waals surface area contributed by atoms with Crippen LogP contribution in [0.15, 0.2) is 36.4 Å². The summed E-state index contributed by atoms with van der Waals surface area (Å²) in [6.45, 7) is 0.595. The van der Waals surface area contributed by atoms with Crippen LogP contribution in [-0.2, 0) is 24.4 Å². The molecule has 3 aromatic rings. The lowest BCUT2D eigenvalue weighted by Crippen LogP contribution is -2.00. The average molecular weight is 387 g/mol. The Morgan fingerprint density at radius 3 is 2.67 bits per heavy atom. The van der Waals surface area contributed by atoms with Crippen LogP contribution in [0.1, 0.15) is 28.8 Å². The van der Waals surface area contributed by atoms with E-state index >= 15 is 0 Å². The van der Waals surface area contributed by atoms with E-state index in [1.54, 1.807) is 17.4 Å². The molecule has 1 heterocycles. The Kier molecular flexibility index (Phi) is 5.83. The standard InChI is InChI=1S/C20H21NO5S/c21-10-19-15(2-1-3-20(24)25)16-7-6-14(9-18(16)27-19)26-11-12-4-5-13(22)8-17(12)23/h4-9,22-23H,1-3,10-11,21H2,(H,24,25). The molecule has 0 radical (unpaired) electrons. The Balaban J connectivity index is 1.77. The fourth-order valence-electron chi connectivity index (χ4n) is 2.96. The van der Waals surface area contributed by atoms with Gasteiger partial charge in [-0.25, -0.2) is 0 Å². The smallest absolute Gasteiger partial charge is 0.303 e. The van der Waals surface area contributed by atoms with Crippen LogP contribution in [0.25, 0.3) is 10.1 Å². The number of aliphatic carboxylic acids is 1. The molecule has 0 fully saturated rings. The molecule has 0 saturated carbocycles. The molecule has 142 valence electrons. The second-order valence-corrected chi connectivity index (χ2v) is 7.35. The zero-order valence-electron chi connectivity index (χ0n) is 14.6. The first-order chi connectivity index (χ1) is 13.0. The summed E-state index contributed by atoms with van der Waals surface area (Å²) in [6.07, 6.45) is 1.39. The van der Waals surface area contributed by atoms with Crippen LogP contribution in [0.3, 0.4) is 0 Å². The number of nitrogens with two attached hydrogens (primary N) is 1. The molecule has 0 bridgehead atoms. The first-order valence-electron chi connectivity index (χ1n) is 8.57. The first kappa shape index (κ1) is 19.0. The molecule has 0 amide bonds. The summed E-state index contributed by atoms with van der Waals surface area (Å²) in [5, 5.41) is 29.1. The van der Waals surface area contributed by atoms with Gasteiger partial charge in [-0.2, -0.15) is 0 Å². The number of benzene rings is 2. The number of phenolic OH excluding ortho intramolecular Hbond substituents is 2. The molecule has 5 N–H and O–H groups in total. The summed E-state index contributed by atoms with van der Waals surface area (Å²) in [6, 6.07) is 10.1. The summed E-state index contributed by atoms with van der Waals surface area (Å²) < 4.78 is 6.81. The molecule has 2 aromatic carbocycles.